The normalized spacial score (nSPS) is 18.1. The van der Waals surface area contributed by atoms with E-state index in [2.05, 4.69) is 61.8 Å². The largest absolute Gasteiger partial charge is 0.206 e. The van der Waals surface area contributed by atoms with Gasteiger partial charge >= 0.3 is 0 Å². The lowest BCUT2D eigenvalue weighted by Gasteiger charge is -2.28. The predicted molar refractivity (Wildman–Crippen MR) is 144 cm³/mol. The first-order valence-electron chi connectivity index (χ1n) is 12.7. The van der Waals surface area contributed by atoms with Crippen LogP contribution in [0.15, 0.2) is 79.4 Å². The Morgan fingerprint density at radius 2 is 1.65 bits per heavy atom. The van der Waals surface area contributed by atoms with Crippen LogP contribution in [0, 0.1) is 23.6 Å². The van der Waals surface area contributed by atoms with E-state index < -0.39 is 0 Å². The van der Waals surface area contributed by atoms with Gasteiger partial charge in [-0.25, -0.2) is 4.39 Å². The van der Waals surface area contributed by atoms with Crippen molar-refractivity contribution in [2.24, 2.45) is 5.92 Å². The van der Waals surface area contributed by atoms with Gasteiger partial charge in [0.05, 0.1) is 0 Å². The summed E-state index contributed by atoms with van der Waals surface area (Å²) in [5.41, 5.74) is 4.13. The molecule has 0 heterocycles. The molecular formula is C33H35F. The van der Waals surface area contributed by atoms with Gasteiger partial charge in [0, 0.05) is 16.5 Å². The zero-order valence-corrected chi connectivity index (χ0v) is 20.3. The van der Waals surface area contributed by atoms with Crippen molar-refractivity contribution in [1.82, 2.24) is 0 Å². The molecule has 4 rings (SSSR count). The van der Waals surface area contributed by atoms with Crippen molar-refractivity contribution in [3.05, 3.63) is 107 Å². The second kappa shape index (κ2) is 11.8. The zero-order chi connectivity index (χ0) is 23.8. The molecule has 0 aliphatic heterocycles. The van der Waals surface area contributed by atoms with Crippen molar-refractivity contribution in [1.29, 1.82) is 0 Å². The molecule has 1 aliphatic rings. The Hall–Kier alpha value is -3.11. The zero-order valence-electron chi connectivity index (χ0n) is 20.3. The highest BCUT2D eigenvalue weighted by molar-refractivity contribution is 5.85. The maximum atomic E-state index is 14.8. The Kier molecular flexibility index (Phi) is 8.37. The molecule has 34 heavy (non-hydrogen) atoms. The van der Waals surface area contributed by atoms with Gasteiger partial charge in [0.25, 0.3) is 0 Å². The van der Waals surface area contributed by atoms with E-state index in [4.69, 9.17) is 0 Å². The predicted octanol–water partition coefficient (Wildman–Crippen LogP) is 9.13. The molecule has 0 unspecified atom stereocenters. The molecule has 3 aromatic carbocycles. The Morgan fingerprint density at radius 1 is 0.912 bits per heavy atom. The van der Waals surface area contributed by atoms with E-state index in [9.17, 15) is 4.39 Å². The van der Waals surface area contributed by atoms with Crippen molar-refractivity contribution in [2.45, 2.75) is 64.2 Å². The van der Waals surface area contributed by atoms with Gasteiger partial charge < -0.3 is 0 Å². The van der Waals surface area contributed by atoms with Crippen LogP contribution in [0.3, 0.4) is 0 Å². The van der Waals surface area contributed by atoms with Crippen molar-refractivity contribution in [2.75, 3.05) is 0 Å². The lowest BCUT2D eigenvalue weighted by atomic mass is 9.77. The molecule has 0 bridgehead atoms. The third-order valence-corrected chi connectivity index (χ3v) is 7.21. The van der Waals surface area contributed by atoms with Gasteiger partial charge in [-0.2, -0.15) is 0 Å². The van der Waals surface area contributed by atoms with E-state index in [1.165, 1.54) is 44.1 Å². The Balaban J connectivity index is 1.39. The number of allylic oxidation sites excluding steroid dienone is 3. The first-order chi connectivity index (χ1) is 16.7. The maximum absolute atomic E-state index is 14.8. The summed E-state index contributed by atoms with van der Waals surface area (Å²) in [6, 6.07) is 18.4. The monoisotopic (exact) mass is 450 g/mol. The summed E-state index contributed by atoms with van der Waals surface area (Å²) in [6.45, 7) is 5.83. The summed E-state index contributed by atoms with van der Waals surface area (Å²) < 4.78 is 14.8. The summed E-state index contributed by atoms with van der Waals surface area (Å²) in [7, 11) is 0. The molecule has 174 valence electrons. The summed E-state index contributed by atoms with van der Waals surface area (Å²) in [4.78, 5) is 0. The van der Waals surface area contributed by atoms with Gasteiger partial charge in [-0.05, 0) is 111 Å². The molecule has 1 saturated carbocycles. The molecule has 1 heteroatoms. The number of hydrogen-bond acceptors (Lipinski definition) is 0. The molecule has 1 aliphatic carbocycles. The number of aryl methyl sites for hydroxylation is 1. The van der Waals surface area contributed by atoms with Gasteiger partial charge in [0.1, 0.15) is 5.82 Å². The minimum atomic E-state index is -0.124. The molecule has 0 radical (unpaired) electrons. The van der Waals surface area contributed by atoms with E-state index in [0.29, 0.717) is 17.7 Å². The fourth-order valence-electron chi connectivity index (χ4n) is 5.13. The van der Waals surface area contributed by atoms with Crippen LogP contribution in [-0.4, -0.2) is 0 Å². The third-order valence-electron chi connectivity index (χ3n) is 7.21. The minimum Gasteiger partial charge on any atom is -0.206 e. The van der Waals surface area contributed by atoms with Crippen molar-refractivity contribution in [3.63, 3.8) is 0 Å². The second-order valence-corrected chi connectivity index (χ2v) is 9.54. The SMILES string of the molecule is C=CCCc1ccc2cc(C#Cc3ccc(C4CCC(CC/C=C/C)CC4)cc3)ccc2c1F. The van der Waals surface area contributed by atoms with Crippen LogP contribution in [0.5, 0.6) is 0 Å². The van der Waals surface area contributed by atoms with Gasteiger partial charge in [-0.1, -0.05) is 60.4 Å². The average Bonchev–Trinajstić information content (AvgIpc) is 2.88. The van der Waals surface area contributed by atoms with Crippen LogP contribution in [-0.2, 0) is 6.42 Å². The highest BCUT2D eigenvalue weighted by Crippen LogP contribution is 2.37. The van der Waals surface area contributed by atoms with Gasteiger partial charge in [0.15, 0.2) is 0 Å². The maximum Gasteiger partial charge on any atom is 0.134 e. The summed E-state index contributed by atoms with van der Waals surface area (Å²) >= 11 is 0. The summed E-state index contributed by atoms with van der Waals surface area (Å²) in [6.07, 6.45) is 15.6. The molecule has 0 nitrogen and oxygen atoms in total. The number of rotatable bonds is 7. The van der Waals surface area contributed by atoms with Crippen LogP contribution in [0.1, 0.15) is 80.0 Å². The quantitative estimate of drug-likeness (QED) is 0.249. The van der Waals surface area contributed by atoms with Crippen LogP contribution < -0.4 is 0 Å². The Bertz CT molecular complexity index is 1200. The van der Waals surface area contributed by atoms with Gasteiger partial charge in [0.2, 0.25) is 0 Å². The topological polar surface area (TPSA) is 0 Å². The van der Waals surface area contributed by atoms with Gasteiger partial charge in [-0.3, -0.25) is 0 Å². The van der Waals surface area contributed by atoms with Crippen LogP contribution in [0.25, 0.3) is 10.8 Å². The fraction of sp³-hybridized carbons (Fsp3) is 0.333. The second-order valence-electron chi connectivity index (χ2n) is 9.54. The summed E-state index contributed by atoms with van der Waals surface area (Å²) in [5.74, 6) is 8.00. The third kappa shape index (κ3) is 6.06. The average molecular weight is 451 g/mol. The van der Waals surface area contributed by atoms with Gasteiger partial charge in [-0.15, -0.1) is 6.58 Å². The summed E-state index contributed by atoms with van der Waals surface area (Å²) in [5, 5.41) is 1.55. The highest BCUT2D eigenvalue weighted by Gasteiger charge is 2.21. The van der Waals surface area contributed by atoms with Crippen LogP contribution in [0.4, 0.5) is 4.39 Å². The minimum absolute atomic E-state index is 0.124. The molecule has 0 saturated heterocycles. The standard InChI is InChI=1S/C33H35F/c1-3-5-7-8-25-12-17-28(18-13-25)29-19-14-26(15-20-29)10-11-27-16-23-32-31(24-27)22-21-30(33(32)34)9-6-4-2/h3-5,14-16,19-25,28H,2,6-9,12-13,17-18H2,1H3/b5-3+. The van der Waals surface area contributed by atoms with E-state index in [1.54, 1.807) is 0 Å². The number of hydrogen-bond donors (Lipinski definition) is 0. The fourth-order valence-corrected chi connectivity index (χ4v) is 5.13. The van der Waals surface area contributed by atoms with Crippen LogP contribution >= 0.6 is 0 Å². The Morgan fingerprint density at radius 3 is 2.38 bits per heavy atom. The number of halogens is 1. The van der Waals surface area contributed by atoms with Crippen molar-refractivity contribution < 1.29 is 4.39 Å². The molecule has 0 amide bonds. The molecule has 0 atom stereocenters. The van der Waals surface area contributed by atoms with E-state index in [0.717, 1.165) is 34.4 Å². The highest BCUT2D eigenvalue weighted by atomic mass is 19.1. The molecule has 0 N–H and O–H groups in total. The molecule has 3 aromatic rings. The lowest BCUT2D eigenvalue weighted by Crippen LogP contribution is -2.13. The molecular weight excluding hydrogens is 415 g/mol. The van der Waals surface area contributed by atoms with E-state index in [1.807, 2.05) is 36.4 Å². The number of fused-ring (bicyclic) bond motifs is 1. The molecule has 1 fully saturated rings. The van der Waals surface area contributed by atoms with Crippen molar-refractivity contribution >= 4 is 10.8 Å². The van der Waals surface area contributed by atoms with Crippen LogP contribution in [0.2, 0.25) is 0 Å². The number of benzene rings is 3. The van der Waals surface area contributed by atoms with E-state index in [-0.39, 0.29) is 5.82 Å². The lowest BCUT2D eigenvalue weighted by molar-refractivity contribution is 0.312. The molecule has 0 aromatic heterocycles. The van der Waals surface area contributed by atoms with E-state index >= 15 is 0 Å². The first kappa shape index (κ1) is 24.0. The Labute approximate surface area is 204 Å². The smallest absolute Gasteiger partial charge is 0.134 e. The first-order valence-corrected chi connectivity index (χ1v) is 12.7. The molecule has 0 spiro atoms. The van der Waals surface area contributed by atoms with Crippen molar-refractivity contribution in [3.8, 4) is 11.8 Å².